The third kappa shape index (κ3) is 9.59. The molecule has 0 aromatic heterocycles. The van der Waals surface area contributed by atoms with Crippen LogP contribution in [0.1, 0.15) is 257 Å². The van der Waals surface area contributed by atoms with E-state index in [1.807, 2.05) is 48.5 Å². The Kier molecular flexibility index (Phi) is 16.5. The molecule has 20 saturated carbocycles. The fraction of sp³-hybridized carbons (Fsp3) is 1.00. The maximum atomic E-state index is 14.4. The van der Waals surface area contributed by atoms with Crippen molar-refractivity contribution in [1.82, 2.24) is 0 Å². The molecule has 0 radical (unpaired) electrons. The number of hydrogen-bond acceptors (Lipinski definition) is 1. The summed E-state index contributed by atoms with van der Waals surface area (Å²) in [6, 6.07) is 0. The second kappa shape index (κ2) is 21.5. The Labute approximate surface area is 492 Å². The Morgan fingerprint density at radius 2 is 0.744 bits per heavy atom. The number of rotatable bonds is 3. The molecule has 20 fully saturated rings. The van der Waals surface area contributed by atoms with Crippen molar-refractivity contribution in [3.05, 3.63) is 0 Å². The van der Waals surface area contributed by atoms with E-state index in [-0.39, 0.29) is 41.9 Å². The average Bonchev–Trinajstić information content (AvgIpc) is 1.57. The Morgan fingerprint density at radius 3 is 1.16 bits per heavy atom. The van der Waals surface area contributed by atoms with Crippen molar-refractivity contribution in [2.45, 2.75) is 292 Å². The van der Waals surface area contributed by atoms with Crippen molar-refractivity contribution < 1.29 is 44.3 Å². The summed E-state index contributed by atoms with van der Waals surface area (Å²) in [5.41, 5.74) is -3.35. The maximum absolute atomic E-state index is 14.4. The second-order valence-corrected chi connectivity index (χ2v) is 33.9. The predicted octanol–water partition coefficient (Wildman–Crippen LogP) is 22.0. The van der Waals surface area contributed by atoms with Crippen molar-refractivity contribution >= 4 is 0 Å². The molecule has 20 aliphatic rings. The van der Waals surface area contributed by atoms with Crippen LogP contribution in [0.15, 0.2) is 0 Å². The van der Waals surface area contributed by atoms with E-state index >= 15 is 0 Å². The van der Waals surface area contributed by atoms with E-state index in [9.17, 15) is 39.5 Å². The molecule has 0 heterocycles. The van der Waals surface area contributed by atoms with E-state index in [1.54, 1.807) is 32.1 Å². The van der Waals surface area contributed by atoms with Gasteiger partial charge < -0.3 is 4.74 Å². The number of hydrogen-bond donors (Lipinski definition) is 0. The van der Waals surface area contributed by atoms with Gasteiger partial charge in [-0.15, -0.1) is 0 Å². The lowest BCUT2D eigenvalue weighted by Crippen LogP contribution is -2.58. The highest BCUT2D eigenvalue weighted by Crippen LogP contribution is 2.79. The van der Waals surface area contributed by atoms with Crippen LogP contribution in [-0.2, 0) is 4.74 Å². The number of ether oxygens (including phenoxy) is 1. The SMILES string of the molecule is CC.CC.CC.CC1(C(F)(F)F)C2CC(C3C4CCC(C4)C32)C1(F)F.CC1(F)C2CC(C3C4CCC(C4)C32)C1(F)F.CC1(F)CC2CC1C1C3CCC(C3)C21.CC12CC3CC(C1)CC(C)(C3)C2.CCCOC12CC3CC(CC(C)(C3)C1)C2. The smallest absolute Gasteiger partial charge is 0.375 e. The Morgan fingerprint density at radius 1 is 0.378 bits per heavy atom. The van der Waals surface area contributed by atoms with E-state index in [2.05, 4.69) is 27.7 Å². The quantitative estimate of drug-likeness (QED) is 0.202. The molecule has 10 heteroatoms. The molecule has 0 spiro atoms. The van der Waals surface area contributed by atoms with Crippen LogP contribution >= 0.6 is 0 Å². The van der Waals surface area contributed by atoms with Crippen LogP contribution in [0, 0.1) is 152 Å². The summed E-state index contributed by atoms with van der Waals surface area (Å²) in [5, 5.41) is 0. The highest BCUT2D eigenvalue weighted by molar-refractivity contribution is 5.24. The van der Waals surface area contributed by atoms with Crippen molar-refractivity contribution in [1.29, 1.82) is 0 Å². The fourth-order valence-corrected chi connectivity index (χ4v) is 28.1. The third-order valence-corrected chi connectivity index (χ3v) is 28.9. The summed E-state index contributed by atoms with van der Waals surface area (Å²) in [7, 11) is 0. The summed E-state index contributed by atoms with van der Waals surface area (Å²) in [5.74, 6) is 1.45. The molecule has 1 nitrogen and oxygen atoms in total. The van der Waals surface area contributed by atoms with E-state index in [4.69, 9.17) is 4.74 Å². The molecule has 20 bridgehead atoms. The summed E-state index contributed by atoms with van der Waals surface area (Å²) >= 11 is 0. The van der Waals surface area contributed by atoms with Gasteiger partial charge in [0.15, 0.2) is 5.67 Å². The highest BCUT2D eigenvalue weighted by Gasteiger charge is 2.84. The Bertz CT molecular complexity index is 2170. The van der Waals surface area contributed by atoms with Gasteiger partial charge in [-0.25, -0.2) is 26.3 Å². The molecule has 0 amide bonds. The highest BCUT2D eigenvalue weighted by atomic mass is 19.4. The lowest BCUT2D eigenvalue weighted by atomic mass is 9.45. The van der Waals surface area contributed by atoms with Gasteiger partial charge in [-0.1, -0.05) is 69.2 Å². The molecule has 82 heavy (non-hydrogen) atoms. The van der Waals surface area contributed by atoms with E-state index < -0.39 is 52.5 Å². The summed E-state index contributed by atoms with van der Waals surface area (Å²) in [4.78, 5) is 0. The third-order valence-electron chi connectivity index (χ3n) is 28.9. The zero-order chi connectivity index (χ0) is 59.5. The summed E-state index contributed by atoms with van der Waals surface area (Å²) in [6.07, 6.45) is 27.5. The van der Waals surface area contributed by atoms with Gasteiger partial charge in [0.25, 0.3) is 11.8 Å². The van der Waals surface area contributed by atoms with Crippen LogP contribution in [0.25, 0.3) is 0 Å². The lowest BCUT2D eigenvalue weighted by molar-refractivity contribution is -0.323. The van der Waals surface area contributed by atoms with Crippen LogP contribution in [0.3, 0.4) is 0 Å². The molecule has 472 valence electrons. The van der Waals surface area contributed by atoms with Crippen LogP contribution in [0.2, 0.25) is 0 Å². The van der Waals surface area contributed by atoms with E-state index in [1.165, 1.54) is 77.0 Å². The number of halogens is 9. The van der Waals surface area contributed by atoms with Crippen LogP contribution in [0.5, 0.6) is 0 Å². The molecule has 20 rings (SSSR count). The molecule has 20 aliphatic carbocycles. The van der Waals surface area contributed by atoms with Crippen molar-refractivity contribution in [2.24, 2.45) is 152 Å². The van der Waals surface area contributed by atoms with Gasteiger partial charge in [0.2, 0.25) is 0 Å². The maximum Gasteiger partial charge on any atom is 0.400 e. The average molecular weight is 1170 g/mol. The number of alkyl halides is 9. The fourth-order valence-electron chi connectivity index (χ4n) is 28.1. The Balaban J connectivity index is 0.000000106. The van der Waals surface area contributed by atoms with E-state index in [0.717, 1.165) is 129 Å². The first kappa shape index (κ1) is 62.9. The van der Waals surface area contributed by atoms with Crippen molar-refractivity contribution in [2.75, 3.05) is 6.61 Å². The van der Waals surface area contributed by atoms with Crippen LogP contribution in [0.4, 0.5) is 39.5 Å². The van der Waals surface area contributed by atoms with Crippen LogP contribution in [-0.4, -0.2) is 41.6 Å². The Hall–Kier alpha value is -0.670. The molecule has 0 aromatic carbocycles. The van der Waals surface area contributed by atoms with Crippen molar-refractivity contribution in [3.63, 3.8) is 0 Å². The first-order valence-electron chi connectivity index (χ1n) is 35.3. The molecule has 23 unspecified atom stereocenters. The molecule has 23 atom stereocenters. The molecule has 0 aromatic rings. The molecular weight excluding hydrogens is 1050 g/mol. The standard InChI is InChI=1S/C14H17F5.C14H24O.C13H17F3.C13H19F.C12H20.3C2H6/c1-12(14(17,18)19)8-5-9(13(12,15)16)11-7-3-2-6(4-7)10(8)11;1-3-4-15-14-8-11-5-12(9-14)7-13(2,6-11)10-14;1-12(14)8-5-9(13(12,15)16)11-7-3-2-6(4-7)10(8)11;1-13(14)6-9-5-10(13)12-8-3-2-7(4-8)11(9)12;1-11-4-9-3-10(5-11)7-12(2,6-9)8-11;3*1-2/h6-11H,2-5H2,1H3;11-12H,3-10H2,1-2H3;6-11H,2-5H2,1H3;7-12H,2-6H2,1H3;9-10H,3-8H2,1-2H3;3*1-2H3. The monoisotopic (exact) mass is 1170 g/mol. The minimum atomic E-state index is -4.80. The first-order chi connectivity index (χ1) is 38.5. The van der Waals surface area contributed by atoms with Crippen LogP contribution < -0.4 is 0 Å². The minimum Gasteiger partial charge on any atom is -0.375 e. The summed E-state index contributed by atoms with van der Waals surface area (Å²) in [6.45, 7) is 26.6. The minimum absolute atomic E-state index is 0.0880. The summed E-state index contributed by atoms with van der Waals surface area (Å²) < 4.78 is 132. The lowest BCUT2D eigenvalue weighted by Gasteiger charge is -2.60. The molecule has 0 aliphatic heterocycles. The molecule has 0 saturated heterocycles. The predicted molar refractivity (Wildman–Crippen MR) is 313 cm³/mol. The van der Waals surface area contributed by atoms with Gasteiger partial charge in [0, 0.05) is 24.4 Å². The first-order valence-corrected chi connectivity index (χ1v) is 35.3. The van der Waals surface area contributed by atoms with Gasteiger partial charge in [0.1, 0.15) is 11.1 Å². The van der Waals surface area contributed by atoms with Gasteiger partial charge in [-0.3, -0.25) is 0 Å². The van der Waals surface area contributed by atoms with Gasteiger partial charge >= 0.3 is 6.18 Å². The van der Waals surface area contributed by atoms with E-state index in [0.29, 0.717) is 41.1 Å². The number of fused-ring (bicyclic) bond motifs is 27. The zero-order valence-electron chi connectivity index (χ0n) is 53.6. The van der Waals surface area contributed by atoms with Crippen molar-refractivity contribution in [3.8, 4) is 0 Å². The second-order valence-electron chi connectivity index (χ2n) is 33.9. The largest absolute Gasteiger partial charge is 0.400 e. The normalized spacial score (nSPS) is 56.9. The zero-order valence-corrected chi connectivity index (χ0v) is 53.6. The van der Waals surface area contributed by atoms with Gasteiger partial charge in [-0.2, -0.15) is 13.2 Å². The topological polar surface area (TPSA) is 9.23 Å². The molecule has 0 N–H and O–H groups in total. The van der Waals surface area contributed by atoms with Gasteiger partial charge in [0.05, 0.1) is 5.60 Å². The van der Waals surface area contributed by atoms with Gasteiger partial charge in [-0.05, 0) is 316 Å². The molecular formula is C72H115F9O.